The van der Waals surface area contributed by atoms with E-state index in [0.717, 1.165) is 54.9 Å². The Bertz CT molecular complexity index is 2170. The third-order valence-corrected chi connectivity index (χ3v) is 10.6. The van der Waals surface area contributed by atoms with Crippen LogP contribution in [0.1, 0.15) is 80.2 Å². The van der Waals surface area contributed by atoms with Crippen LogP contribution in [0.4, 0.5) is 0 Å². The SMILES string of the molecule is CCCCCOc1cc2c(cc1OCCCCC)C1(c3ccccc3-c3cc(-c4cccc(-c5ccccn5)c4)ccc31)c1ccc(C)cc1-2. The van der Waals surface area contributed by atoms with E-state index in [1.54, 1.807) is 0 Å². The zero-order valence-electron chi connectivity index (χ0n) is 29.5. The Kier molecular flexibility index (Phi) is 8.75. The summed E-state index contributed by atoms with van der Waals surface area (Å²) in [5.41, 5.74) is 15.6. The fraction of sp³-hybridized carbons (Fsp3) is 0.255. The highest BCUT2D eigenvalue weighted by molar-refractivity contribution is 5.97. The van der Waals surface area contributed by atoms with E-state index < -0.39 is 5.41 Å². The molecular formula is C47H45NO2. The van der Waals surface area contributed by atoms with E-state index in [0.29, 0.717) is 13.2 Å². The fourth-order valence-electron chi connectivity index (χ4n) is 8.18. The second-order valence-corrected chi connectivity index (χ2v) is 13.9. The van der Waals surface area contributed by atoms with Crippen molar-refractivity contribution in [1.82, 2.24) is 4.98 Å². The monoisotopic (exact) mass is 655 g/mol. The molecule has 1 aromatic heterocycles. The number of aromatic nitrogens is 1. The van der Waals surface area contributed by atoms with Crippen molar-refractivity contribution in [1.29, 1.82) is 0 Å². The van der Waals surface area contributed by atoms with Gasteiger partial charge in [0, 0.05) is 11.8 Å². The van der Waals surface area contributed by atoms with Gasteiger partial charge < -0.3 is 9.47 Å². The summed E-state index contributed by atoms with van der Waals surface area (Å²) in [6, 6.07) is 42.5. The lowest BCUT2D eigenvalue weighted by atomic mass is 9.70. The van der Waals surface area contributed by atoms with Crippen LogP contribution in [-0.4, -0.2) is 18.2 Å². The molecule has 50 heavy (non-hydrogen) atoms. The van der Waals surface area contributed by atoms with Gasteiger partial charge in [0.25, 0.3) is 0 Å². The molecule has 0 fully saturated rings. The molecule has 1 spiro atoms. The largest absolute Gasteiger partial charge is 0.490 e. The summed E-state index contributed by atoms with van der Waals surface area (Å²) in [7, 11) is 0. The Labute approximate surface area is 297 Å². The summed E-state index contributed by atoms with van der Waals surface area (Å²) in [6.45, 7) is 8.04. The minimum Gasteiger partial charge on any atom is -0.490 e. The van der Waals surface area contributed by atoms with Gasteiger partial charge in [0.15, 0.2) is 11.5 Å². The van der Waals surface area contributed by atoms with Crippen LogP contribution < -0.4 is 9.47 Å². The molecule has 6 aromatic rings. The van der Waals surface area contributed by atoms with Crippen LogP contribution in [-0.2, 0) is 5.41 Å². The maximum absolute atomic E-state index is 6.62. The molecule has 0 saturated heterocycles. The number of unbranched alkanes of at least 4 members (excludes halogenated alkanes) is 4. The van der Waals surface area contributed by atoms with E-state index in [2.05, 4.69) is 129 Å². The normalized spacial score (nSPS) is 15.0. The van der Waals surface area contributed by atoms with Crippen molar-refractivity contribution in [3.05, 3.63) is 149 Å². The van der Waals surface area contributed by atoms with Crippen molar-refractivity contribution in [2.75, 3.05) is 13.2 Å². The highest BCUT2D eigenvalue weighted by Gasteiger charge is 2.52. The molecule has 1 unspecified atom stereocenters. The van der Waals surface area contributed by atoms with Crippen LogP contribution in [0.25, 0.3) is 44.6 Å². The molecule has 0 N–H and O–H groups in total. The molecule has 250 valence electrons. The number of rotatable bonds is 12. The molecular weight excluding hydrogens is 611 g/mol. The molecule has 2 aliphatic carbocycles. The van der Waals surface area contributed by atoms with Crippen LogP contribution in [0.3, 0.4) is 0 Å². The minimum absolute atomic E-state index is 0.457. The van der Waals surface area contributed by atoms with E-state index in [9.17, 15) is 0 Å². The molecule has 0 radical (unpaired) electrons. The van der Waals surface area contributed by atoms with Gasteiger partial charge in [-0.15, -0.1) is 0 Å². The van der Waals surface area contributed by atoms with Crippen molar-refractivity contribution in [2.24, 2.45) is 0 Å². The van der Waals surface area contributed by atoms with Gasteiger partial charge in [-0.2, -0.15) is 0 Å². The third-order valence-electron chi connectivity index (χ3n) is 10.6. The van der Waals surface area contributed by atoms with E-state index in [1.165, 1.54) is 67.6 Å². The zero-order valence-corrected chi connectivity index (χ0v) is 29.5. The lowest BCUT2D eigenvalue weighted by molar-refractivity contribution is 0.259. The van der Waals surface area contributed by atoms with E-state index in [1.807, 2.05) is 18.3 Å². The first kappa shape index (κ1) is 32.1. The summed E-state index contributed by atoms with van der Waals surface area (Å²) in [4.78, 5) is 4.61. The van der Waals surface area contributed by atoms with Gasteiger partial charge in [0.2, 0.25) is 0 Å². The predicted octanol–water partition coefficient (Wildman–Crippen LogP) is 12.2. The van der Waals surface area contributed by atoms with Crippen LogP contribution >= 0.6 is 0 Å². The van der Waals surface area contributed by atoms with Gasteiger partial charge in [-0.1, -0.05) is 124 Å². The molecule has 1 heterocycles. The van der Waals surface area contributed by atoms with Crippen LogP contribution in [0.15, 0.2) is 121 Å². The van der Waals surface area contributed by atoms with Crippen molar-refractivity contribution in [3.8, 4) is 56.1 Å². The first-order valence-electron chi connectivity index (χ1n) is 18.4. The van der Waals surface area contributed by atoms with Crippen LogP contribution in [0.2, 0.25) is 0 Å². The van der Waals surface area contributed by atoms with Crippen molar-refractivity contribution in [3.63, 3.8) is 0 Å². The highest BCUT2D eigenvalue weighted by Crippen LogP contribution is 2.64. The topological polar surface area (TPSA) is 31.4 Å². The fourth-order valence-corrected chi connectivity index (χ4v) is 8.18. The lowest BCUT2D eigenvalue weighted by Crippen LogP contribution is -2.26. The quantitative estimate of drug-likeness (QED) is 0.123. The Morgan fingerprint density at radius 3 is 1.90 bits per heavy atom. The lowest BCUT2D eigenvalue weighted by Gasteiger charge is -2.31. The number of nitrogens with zero attached hydrogens (tertiary/aromatic N) is 1. The van der Waals surface area contributed by atoms with Gasteiger partial charge in [-0.3, -0.25) is 4.98 Å². The number of ether oxygens (including phenoxy) is 2. The molecule has 0 amide bonds. The molecule has 5 aromatic carbocycles. The van der Waals surface area contributed by atoms with Gasteiger partial charge >= 0.3 is 0 Å². The molecule has 1 atom stereocenters. The minimum atomic E-state index is -0.457. The van der Waals surface area contributed by atoms with E-state index >= 15 is 0 Å². The second kappa shape index (κ2) is 13.6. The zero-order chi connectivity index (χ0) is 34.1. The van der Waals surface area contributed by atoms with Gasteiger partial charge in [-0.05, 0) is 112 Å². The Morgan fingerprint density at radius 2 is 1.14 bits per heavy atom. The third kappa shape index (κ3) is 5.40. The smallest absolute Gasteiger partial charge is 0.161 e. The Hall–Kier alpha value is -5.15. The highest BCUT2D eigenvalue weighted by atomic mass is 16.5. The molecule has 3 heteroatoms. The number of hydrogen-bond donors (Lipinski definition) is 0. The first-order valence-corrected chi connectivity index (χ1v) is 18.4. The molecule has 0 bridgehead atoms. The Morgan fingerprint density at radius 1 is 0.500 bits per heavy atom. The van der Waals surface area contributed by atoms with Gasteiger partial charge in [-0.25, -0.2) is 0 Å². The molecule has 2 aliphatic rings. The van der Waals surface area contributed by atoms with Gasteiger partial charge in [0.1, 0.15) is 0 Å². The van der Waals surface area contributed by atoms with Crippen molar-refractivity contribution in [2.45, 2.75) is 64.7 Å². The van der Waals surface area contributed by atoms with Crippen LogP contribution in [0, 0.1) is 6.92 Å². The summed E-state index contributed by atoms with van der Waals surface area (Å²) in [5.74, 6) is 1.71. The van der Waals surface area contributed by atoms with Crippen molar-refractivity contribution >= 4 is 0 Å². The average Bonchev–Trinajstić information content (AvgIpc) is 3.61. The maximum Gasteiger partial charge on any atom is 0.161 e. The summed E-state index contributed by atoms with van der Waals surface area (Å²) in [5, 5.41) is 0. The number of aryl methyl sites for hydroxylation is 1. The number of hydrogen-bond acceptors (Lipinski definition) is 3. The molecule has 0 aliphatic heterocycles. The number of pyridine rings is 1. The summed E-state index contributed by atoms with van der Waals surface area (Å²) >= 11 is 0. The van der Waals surface area contributed by atoms with E-state index in [-0.39, 0.29) is 0 Å². The molecule has 8 rings (SSSR count). The standard InChI is InChI=1S/C47H45NO2/c1-4-6-12-25-49-45-30-39-37-27-32(3)20-22-41(37)47(43(39)31-46(45)50-26-13-7-5-2)40-18-9-8-17-36(40)38-29-34(21-23-42(38)47)33-15-14-16-35(28-33)44-19-10-11-24-48-44/h8-11,14-24,27-31H,4-7,12-13,25-26H2,1-3H3. The summed E-state index contributed by atoms with van der Waals surface area (Å²) in [6.07, 6.45) is 8.56. The second-order valence-electron chi connectivity index (χ2n) is 13.9. The number of benzene rings is 5. The van der Waals surface area contributed by atoms with Gasteiger partial charge in [0.05, 0.1) is 24.3 Å². The maximum atomic E-state index is 6.62. The predicted molar refractivity (Wildman–Crippen MR) is 206 cm³/mol. The van der Waals surface area contributed by atoms with Crippen LogP contribution in [0.5, 0.6) is 11.5 Å². The Balaban J connectivity index is 1.31. The number of fused-ring (bicyclic) bond motifs is 10. The molecule has 3 nitrogen and oxygen atoms in total. The summed E-state index contributed by atoms with van der Waals surface area (Å²) < 4.78 is 13.2. The first-order chi connectivity index (χ1) is 24.6. The van der Waals surface area contributed by atoms with E-state index in [4.69, 9.17) is 9.47 Å². The average molecular weight is 656 g/mol. The molecule has 0 saturated carbocycles. The van der Waals surface area contributed by atoms with Crippen molar-refractivity contribution < 1.29 is 9.47 Å².